The zero-order valence-electron chi connectivity index (χ0n) is 14.2. The Morgan fingerprint density at radius 1 is 1.12 bits per heavy atom. The molecule has 26 heavy (non-hydrogen) atoms. The number of nitrogens with zero attached hydrogens (tertiary/aromatic N) is 5. The largest absolute Gasteiger partial charge is 0.310 e. The number of hydrogen-bond acceptors (Lipinski definition) is 4. The maximum absolute atomic E-state index is 6.06. The van der Waals surface area contributed by atoms with Gasteiger partial charge in [-0.05, 0) is 46.9 Å². The molecule has 0 spiro atoms. The minimum Gasteiger partial charge on any atom is -0.310 e. The Hall–Kier alpha value is -2.29. The molecule has 9 heteroatoms. The number of halogens is 1. The number of H-pyrrole nitrogens is 1. The summed E-state index contributed by atoms with van der Waals surface area (Å²) in [5, 5.41) is 9.08. The van der Waals surface area contributed by atoms with Crippen LogP contribution in [0.5, 0.6) is 0 Å². The highest BCUT2D eigenvalue weighted by Crippen LogP contribution is 2.14. The molecule has 1 aliphatic heterocycles. The molecule has 0 aliphatic carbocycles. The van der Waals surface area contributed by atoms with Gasteiger partial charge in [0.25, 0.3) is 5.82 Å². The number of aromatic amines is 1. The summed E-state index contributed by atoms with van der Waals surface area (Å²) in [5.41, 5.74) is 0.827. The van der Waals surface area contributed by atoms with Gasteiger partial charge in [-0.1, -0.05) is 23.7 Å². The van der Waals surface area contributed by atoms with E-state index in [4.69, 9.17) is 23.8 Å². The third kappa shape index (κ3) is 3.62. The first-order chi connectivity index (χ1) is 12.7. The van der Waals surface area contributed by atoms with Crippen LogP contribution in [0.15, 0.2) is 48.7 Å². The summed E-state index contributed by atoms with van der Waals surface area (Å²) in [5.74, 6) is 1.16. The molecule has 1 aliphatic rings. The van der Waals surface area contributed by atoms with Crippen LogP contribution in [0.2, 0.25) is 5.02 Å². The molecule has 1 saturated heterocycles. The highest BCUT2D eigenvalue weighted by molar-refractivity contribution is 7.71. The predicted octanol–water partition coefficient (Wildman–Crippen LogP) is 0.628. The van der Waals surface area contributed by atoms with Crippen LogP contribution in [0.25, 0.3) is 5.69 Å². The van der Waals surface area contributed by atoms with Crippen LogP contribution < -0.4 is 14.8 Å². The summed E-state index contributed by atoms with van der Waals surface area (Å²) in [7, 11) is 0. The minimum absolute atomic E-state index is 0.582. The number of benzene rings is 1. The Bertz CT molecular complexity index is 932. The van der Waals surface area contributed by atoms with Crippen LogP contribution in [-0.4, -0.2) is 46.0 Å². The van der Waals surface area contributed by atoms with Gasteiger partial charge in [-0.2, -0.15) is 9.36 Å². The molecule has 0 unspecified atom stereocenters. The van der Waals surface area contributed by atoms with Crippen LogP contribution in [-0.2, 0) is 6.67 Å². The number of tetrazole rings is 1. The predicted molar refractivity (Wildman–Crippen MR) is 101 cm³/mol. The first-order valence-corrected chi connectivity index (χ1v) is 9.33. The fourth-order valence-electron chi connectivity index (χ4n) is 3.16. The molecule has 0 radical (unpaired) electrons. The van der Waals surface area contributed by atoms with Crippen LogP contribution in [0.3, 0.4) is 0 Å². The lowest BCUT2D eigenvalue weighted by molar-refractivity contribution is -0.924. The highest BCUT2D eigenvalue weighted by Gasteiger charge is 2.26. The Balaban J connectivity index is 1.42. The third-order valence-corrected chi connectivity index (χ3v) is 5.19. The monoisotopic (exact) mass is 389 g/mol. The van der Waals surface area contributed by atoms with Gasteiger partial charge in [0.2, 0.25) is 4.77 Å². The molecule has 0 saturated carbocycles. The van der Waals surface area contributed by atoms with Gasteiger partial charge < -0.3 is 4.90 Å². The van der Waals surface area contributed by atoms with Crippen molar-refractivity contribution in [2.24, 2.45) is 0 Å². The second-order valence-corrected chi connectivity index (χ2v) is 7.10. The van der Waals surface area contributed by atoms with Crippen molar-refractivity contribution in [1.82, 2.24) is 19.8 Å². The molecule has 134 valence electrons. The lowest BCUT2D eigenvalue weighted by Gasteiger charge is -2.27. The lowest BCUT2D eigenvalue weighted by atomic mass is 10.3. The molecule has 0 atom stereocenters. The number of hydrogen-bond donors (Lipinski definition) is 1. The number of aromatic nitrogens is 5. The van der Waals surface area contributed by atoms with E-state index in [1.165, 1.54) is 4.90 Å². The van der Waals surface area contributed by atoms with Crippen LogP contribution in [0.4, 0.5) is 5.82 Å². The average Bonchev–Trinajstić information content (AvgIpc) is 3.03. The van der Waals surface area contributed by atoms with E-state index in [0.717, 1.165) is 37.7 Å². The number of quaternary nitrogens is 1. The van der Waals surface area contributed by atoms with Crippen LogP contribution >= 0.6 is 23.8 Å². The van der Waals surface area contributed by atoms with E-state index in [0.29, 0.717) is 16.5 Å². The summed E-state index contributed by atoms with van der Waals surface area (Å²) in [6.07, 6.45) is 1.96. The highest BCUT2D eigenvalue weighted by atomic mass is 35.5. The van der Waals surface area contributed by atoms with Crippen LogP contribution in [0.1, 0.15) is 0 Å². The quantitative estimate of drug-likeness (QED) is 0.665. The normalized spacial score (nSPS) is 15.3. The van der Waals surface area contributed by atoms with Crippen LogP contribution in [0, 0.1) is 4.77 Å². The summed E-state index contributed by atoms with van der Waals surface area (Å²) in [6, 6.07) is 13.6. The fraction of sp³-hybridized carbons (Fsp3) is 0.294. The summed E-state index contributed by atoms with van der Waals surface area (Å²) in [4.78, 5) is 7.10. The van der Waals surface area contributed by atoms with E-state index in [1.807, 2.05) is 36.5 Å². The van der Waals surface area contributed by atoms with Gasteiger partial charge in [0.05, 0.1) is 11.9 Å². The second-order valence-electron chi connectivity index (χ2n) is 6.30. The van der Waals surface area contributed by atoms with Crippen molar-refractivity contribution in [3.8, 4) is 5.69 Å². The van der Waals surface area contributed by atoms with E-state index >= 15 is 0 Å². The molecule has 2 N–H and O–H groups in total. The van der Waals surface area contributed by atoms with E-state index in [9.17, 15) is 0 Å². The molecule has 2 aromatic heterocycles. The Labute approximate surface area is 161 Å². The smallest absolute Gasteiger partial charge is 0.274 e. The van der Waals surface area contributed by atoms with Gasteiger partial charge in [-0.3, -0.25) is 4.90 Å². The third-order valence-electron chi connectivity index (χ3n) is 4.57. The van der Waals surface area contributed by atoms with Gasteiger partial charge in [0.15, 0.2) is 6.67 Å². The van der Waals surface area contributed by atoms with E-state index in [-0.39, 0.29) is 0 Å². The summed E-state index contributed by atoms with van der Waals surface area (Å²) >= 11 is 11.6. The molecule has 0 bridgehead atoms. The zero-order chi connectivity index (χ0) is 17.9. The lowest BCUT2D eigenvalue weighted by Crippen LogP contribution is -3.14. The van der Waals surface area contributed by atoms with Gasteiger partial charge in [-0.25, -0.2) is 4.98 Å². The molecule has 3 heterocycles. The molecule has 0 amide bonds. The molecule has 3 aromatic rings. The van der Waals surface area contributed by atoms with E-state index in [1.54, 1.807) is 9.36 Å². The van der Waals surface area contributed by atoms with Crippen molar-refractivity contribution in [2.75, 3.05) is 31.1 Å². The van der Waals surface area contributed by atoms with Gasteiger partial charge >= 0.3 is 0 Å². The summed E-state index contributed by atoms with van der Waals surface area (Å²) in [6.45, 7) is 4.74. The van der Waals surface area contributed by atoms with Crippen molar-refractivity contribution >= 4 is 29.6 Å². The van der Waals surface area contributed by atoms with E-state index < -0.39 is 0 Å². The van der Waals surface area contributed by atoms with Gasteiger partial charge in [0, 0.05) is 11.1 Å². The Kier molecular flexibility index (Phi) is 4.96. The SMILES string of the molecule is S=c1n(C[NH+]2CCN(c3cccc[nH+]3)CC2)nnn1-c1cccc(Cl)c1. The minimum atomic E-state index is 0.582. The maximum Gasteiger partial charge on any atom is 0.274 e. The van der Waals surface area contributed by atoms with Crippen molar-refractivity contribution in [3.05, 3.63) is 58.5 Å². The first-order valence-electron chi connectivity index (χ1n) is 8.55. The fourth-order valence-corrected chi connectivity index (χ4v) is 3.59. The number of piperazine rings is 1. The Morgan fingerprint density at radius 2 is 1.96 bits per heavy atom. The Morgan fingerprint density at radius 3 is 2.69 bits per heavy atom. The van der Waals surface area contributed by atoms with Crippen molar-refractivity contribution < 1.29 is 9.88 Å². The first kappa shape index (κ1) is 17.1. The number of anilines is 1. The molecule has 7 nitrogen and oxygen atoms in total. The zero-order valence-corrected chi connectivity index (χ0v) is 15.7. The summed E-state index contributed by atoms with van der Waals surface area (Å²) < 4.78 is 4.02. The maximum atomic E-state index is 6.06. The molecular weight excluding hydrogens is 370 g/mol. The number of rotatable bonds is 4. The molecular formula is C17H20ClN7S+2. The topological polar surface area (TPSA) is 57.5 Å². The number of pyridine rings is 1. The van der Waals surface area contributed by atoms with E-state index in [2.05, 4.69) is 32.4 Å². The second kappa shape index (κ2) is 7.53. The van der Waals surface area contributed by atoms with Crippen molar-refractivity contribution in [2.45, 2.75) is 6.67 Å². The van der Waals surface area contributed by atoms with Gasteiger partial charge in [-0.15, -0.1) is 0 Å². The van der Waals surface area contributed by atoms with Gasteiger partial charge in [0.1, 0.15) is 26.2 Å². The molecule has 1 aromatic carbocycles. The van der Waals surface area contributed by atoms with Crippen molar-refractivity contribution in [1.29, 1.82) is 0 Å². The number of nitrogens with one attached hydrogen (secondary N) is 2. The van der Waals surface area contributed by atoms with Crippen molar-refractivity contribution in [3.63, 3.8) is 0 Å². The standard InChI is InChI=1S/C17H18ClN7S/c18-14-4-3-5-15(12-14)25-17(26)24(20-21-25)13-22-8-10-23(11-9-22)16-6-1-2-7-19-16/h1-7,12H,8-11,13H2/p+2. The molecule has 1 fully saturated rings. The average molecular weight is 390 g/mol. The molecule has 4 rings (SSSR count).